The molecule has 0 aliphatic heterocycles. The summed E-state index contributed by atoms with van der Waals surface area (Å²) in [6, 6.07) is 14.2. The Bertz CT molecular complexity index is 662. The largest absolute Gasteiger partial charge is 1.00 e. The molecule has 3 aromatic rings. The fourth-order valence-electron chi connectivity index (χ4n) is 2.10. The molecule has 0 radical (unpaired) electrons. The number of rotatable bonds is 4. The number of aromatic nitrogens is 3. The summed E-state index contributed by atoms with van der Waals surface area (Å²) < 4.78 is 16.7. The zero-order valence-corrected chi connectivity index (χ0v) is 13.2. The van der Waals surface area contributed by atoms with Gasteiger partial charge >= 0.3 is 0 Å². The molecule has 0 fully saturated rings. The fraction of sp³-hybridized carbons (Fsp3) is 0.125. The van der Waals surface area contributed by atoms with Crippen molar-refractivity contribution in [1.82, 2.24) is 9.78 Å². The molecule has 6 heteroatoms. The Morgan fingerprint density at radius 3 is 2.32 bits per heavy atom. The SMILES string of the molecule is Fc1ccc(C[n+]2cnn(Cc3ccc(Cl)cc3)c2)cc1.[Cl-]. The average molecular weight is 338 g/mol. The van der Waals surface area contributed by atoms with Crippen molar-refractivity contribution in [3.8, 4) is 0 Å². The summed E-state index contributed by atoms with van der Waals surface area (Å²) in [6.07, 6.45) is 3.69. The molecule has 3 rings (SSSR count). The van der Waals surface area contributed by atoms with E-state index in [-0.39, 0.29) is 18.2 Å². The summed E-state index contributed by atoms with van der Waals surface area (Å²) in [6.45, 7) is 1.36. The Hall–Kier alpha value is -1.91. The summed E-state index contributed by atoms with van der Waals surface area (Å²) in [5.74, 6) is -0.220. The third kappa shape index (κ3) is 4.29. The van der Waals surface area contributed by atoms with Gasteiger partial charge in [0.2, 0.25) is 6.33 Å². The quantitative estimate of drug-likeness (QED) is 0.617. The van der Waals surface area contributed by atoms with Gasteiger partial charge in [-0.15, -0.1) is 4.68 Å². The van der Waals surface area contributed by atoms with Crippen LogP contribution in [0.1, 0.15) is 11.1 Å². The molecule has 0 bridgehead atoms. The van der Waals surface area contributed by atoms with Crippen LogP contribution in [0.4, 0.5) is 4.39 Å². The van der Waals surface area contributed by atoms with Crippen LogP contribution in [-0.4, -0.2) is 9.78 Å². The fourth-order valence-corrected chi connectivity index (χ4v) is 2.23. The maximum atomic E-state index is 12.9. The lowest BCUT2D eigenvalue weighted by Gasteiger charge is -1.98. The molecule has 0 atom stereocenters. The molecular formula is C16H14Cl2FN3. The number of nitrogens with zero attached hydrogens (tertiary/aromatic N) is 3. The highest BCUT2D eigenvalue weighted by Gasteiger charge is 2.07. The van der Waals surface area contributed by atoms with Crippen LogP contribution in [0.25, 0.3) is 0 Å². The number of hydrogen-bond acceptors (Lipinski definition) is 1. The van der Waals surface area contributed by atoms with Gasteiger partial charge in [0.1, 0.15) is 12.4 Å². The average Bonchev–Trinajstić information content (AvgIpc) is 2.91. The van der Waals surface area contributed by atoms with Crippen LogP contribution in [-0.2, 0) is 13.1 Å². The summed E-state index contributed by atoms with van der Waals surface area (Å²) in [4.78, 5) is 0. The molecule has 0 N–H and O–H groups in total. The van der Waals surface area contributed by atoms with Gasteiger partial charge in [-0.3, -0.25) is 0 Å². The van der Waals surface area contributed by atoms with Crippen LogP contribution < -0.4 is 17.0 Å². The maximum Gasteiger partial charge on any atom is 0.265 e. The Balaban J connectivity index is 0.00000176. The second-order valence-corrected chi connectivity index (χ2v) is 5.31. The van der Waals surface area contributed by atoms with E-state index < -0.39 is 0 Å². The second-order valence-electron chi connectivity index (χ2n) is 4.87. The van der Waals surface area contributed by atoms with E-state index >= 15 is 0 Å². The topological polar surface area (TPSA) is 21.7 Å². The Morgan fingerprint density at radius 1 is 1.00 bits per heavy atom. The summed E-state index contributed by atoms with van der Waals surface area (Å²) in [5.41, 5.74) is 2.17. The van der Waals surface area contributed by atoms with Crippen molar-refractivity contribution in [3.63, 3.8) is 0 Å². The van der Waals surface area contributed by atoms with E-state index in [0.717, 1.165) is 16.1 Å². The van der Waals surface area contributed by atoms with Crippen molar-refractivity contribution in [2.24, 2.45) is 0 Å². The van der Waals surface area contributed by atoms with E-state index in [4.69, 9.17) is 11.6 Å². The van der Waals surface area contributed by atoms with Crippen molar-refractivity contribution < 1.29 is 21.4 Å². The van der Waals surface area contributed by atoms with Gasteiger partial charge in [0.25, 0.3) is 6.33 Å². The minimum atomic E-state index is -0.220. The number of halogens is 3. The molecule has 0 spiro atoms. The molecule has 114 valence electrons. The zero-order valence-electron chi connectivity index (χ0n) is 11.7. The van der Waals surface area contributed by atoms with Crippen LogP contribution in [0.15, 0.2) is 61.2 Å². The minimum Gasteiger partial charge on any atom is -1.00 e. The molecule has 1 heterocycles. The van der Waals surface area contributed by atoms with Crippen LogP contribution >= 0.6 is 11.6 Å². The van der Waals surface area contributed by atoms with Crippen molar-refractivity contribution in [2.45, 2.75) is 13.1 Å². The molecule has 0 saturated carbocycles. The van der Waals surface area contributed by atoms with Crippen LogP contribution in [0.5, 0.6) is 0 Å². The van der Waals surface area contributed by atoms with E-state index in [2.05, 4.69) is 5.10 Å². The van der Waals surface area contributed by atoms with E-state index in [1.54, 1.807) is 18.5 Å². The van der Waals surface area contributed by atoms with Crippen molar-refractivity contribution in [1.29, 1.82) is 0 Å². The molecule has 0 aliphatic rings. The van der Waals surface area contributed by atoms with Gasteiger partial charge in [-0.25, -0.2) is 8.96 Å². The van der Waals surface area contributed by atoms with Gasteiger partial charge in [-0.05, 0) is 35.4 Å². The molecule has 0 unspecified atom stereocenters. The first-order valence-corrected chi connectivity index (χ1v) is 6.97. The van der Waals surface area contributed by atoms with Gasteiger partial charge in [0.05, 0.1) is 6.54 Å². The van der Waals surface area contributed by atoms with Crippen LogP contribution in [0.3, 0.4) is 0 Å². The molecule has 0 aliphatic carbocycles. The molecule has 3 nitrogen and oxygen atoms in total. The predicted octanol–water partition coefficient (Wildman–Crippen LogP) is 0.0637. The summed E-state index contributed by atoms with van der Waals surface area (Å²) in [7, 11) is 0. The molecular weight excluding hydrogens is 324 g/mol. The highest BCUT2D eigenvalue weighted by Crippen LogP contribution is 2.10. The summed E-state index contributed by atoms with van der Waals surface area (Å²) in [5, 5.41) is 5.05. The summed E-state index contributed by atoms with van der Waals surface area (Å²) >= 11 is 5.87. The van der Waals surface area contributed by atoms with Crippen LogP contribution in [0, 0.1) is 5.82 Å². The van der Waals surface area contributed by atoms with E-state index in [1.165, 1.54) is 12.1 Å². The maximum absolute atomic E-state index is 12.9. The van der Waals surface area contributed by atoms with Gasteiger partial charge in [-0.2, -0.15) is 0 Å². The van der Waals surface area contributed by atoms with Crippen molar-refractivity contribution >= 4 is 11.6 Å². The lowest BCUT2D eigenvalue weighted by Crippen LogP contribution is -3.00. The van der Waals surface area contributed by atoms with E-state index in [9.17, 15) is 4.39 Å². The first-order chi connectivity index (χ1) is 10.2. The number of hydrogen-bond donors (Lipinski definition) is 0. The monoisotopic (exact) mass is 337 g/mol. The van der Waals surface area contributed by atoms with Gasteiger partial charge in [-0.1, -0.05) is 35.9 Å². The first kappa shape index (κ1) is 16.5. The zero-order chi connectivity index (χ0) is 14.7. The third-order valence-electron chi connectivity index (χ3n) is 3.17. The van der Waals surface area contributed by atoms with E-state index in [1.807, 2.05) is 39.8 Å². The normalized spacial score (nSPS) is 10.3. The second kappa shape index (κ2) is 7.38. The predicted molar refractivity (Wildman–Crippen MR) is 78.5 cm³/mol. The smallest absolute Gasteiger partial charge is 0.265 e. The lowest BCUT2D eigenvalue weighted by atomic mass is 10.2. The Kier molecular flexibility index (Phi) is 5.52. The third-order valence-corrected chi connectivity index (χ3v) is 3.42. The van der Waals surface area contributed by atoms with Crippen molar-refractivity contribution in [3.05, 3.63) is 83.2 Å². The highest BCUT2D eigenvalue weighted by molar-refractivity contribution is 6.30. The van der Waals surface area contributed by atoms with Gasteiger partial charge in [0, 0.05) is 10.1 Å². The minimum absolute atomic E-state index is 0. The van der Waals surface area contributed by atoms with E-state index in [0.29, 0.717) is 13.1 Å². The highest BCUT2D eigenvalue weighted by atomic mass is 35.5. The molecule has 22 heavy (non-hydrogen) atoms. The molecule has 0 amide bonds. The molecule has 0 saturated heterocycles. The first-order valence-electron chi connectivity index (χ1n) is 6.59. The molecule has 2 aromatic carbocycles. The van der Waals surface area contributed by atoms with Gasteiger partial charge in [0.15, 0.2) is 0 Å². The lowest BCUT2D eigenvalue weighted by molar-refractivity contribution is -0.689. The van der Waals surface area contributed by atoms with Crippen molar-refractivity contribution in [2.75, 3.05) is 0 Å². The standard InChI is InChI=1S/C16H14ClFN3.ClH/c17-15-5-1-14(2-6-15)10-21-12-20(11-19-21)9-13-3-7-16(18)8-4-13;/h1-8,11-12H,9-10H2;1H/q+1;/p-1. The number of benzene rings is 2. The van der Waals surface area contributed by atoms with Crippen LogP contribution in [0.2, 0.25) is 5.02 Å². The Labute approximate surface area is 139 Å². The van der Waals surface area contributed by atoms with Gasteiger partial charge < -0.3 is 12.4 Å². The Morgan fingerprint density at radius 2 is 1.64 bits per heavy atom. The molecule has 1 aromatic heterocycles.